The van der Waals surface area contributed by atoms with E-state index in [-0.39, 0.29) is 18.5 Å². The molecule has 0 aliphatic carbocycles. The SMILES string of the molecule is CCCCCCCCCCCCCC/C=C/C(O)C(CO)NC(=O)CCCCCCCCCCC/C=C\C/C=C\CCCCCCCCCCCOC(=O)CCCCCCCCCCCCC. The number of carbonyl (C=O) groups is 2. The molecule has 3 N–H and O–H groups in total. The van der Waals surface area contributed by atoms with E-state index < -0.39 is 12.1 Å². The van der Waals surface area contributed by atoms with E-state index in [2.05, 4.69) is 43.5 Å². The third-order valence-electron chi connectivity index (χ3n) is 13.7. The zero-order valence-electron chi connectivity index (χ0n) is 44.9. The lowest BCUT2D eigenvalue weighted by Crippen LogP contribution is -2.45. The number of nitrogens with one attached hydrogen (secondary N) is 1. The van der Waals surface area contributed by atoms with Crippen LogP contribution in [0.2, 0.25) is 0 Å². The van der Waals surface area contributed by atoms with Crippen LogP contribution < -0.4 is 5.32 Å². The molecule has 0 rings (SSSR count). The van der Waals surface area contributed by atoms with Crippen molar-refractivity contribution in [2.24, 2.45) is 0 Å². The van der Waals surface area contributed by atoms with Gasteiger partial charge in [-0.3, -0.25) is 9.59 Å². The van der Waals surface area contributed by atoms with Crippen LogP contribution in [0.15, 0.2) is 36.5 Å². The first-order chi connectivity index (χ1) is 33.0. The van der Waals surface area contributed by atoms with E-state index in [9.17, 15) is 19.8 Å². The molecule has 2 unspecified atom stereocenters. The van der Waals surface area contributed by atoms with Crippen molar-refractivity contribution >= 4 is 11.9 Å². The summed E-state index contributed by atoms with van der Waals surface area (Å²) in [5.74, 6) is -0.0657. The maximum atomic E-state index is 12.4. The summed E-state index contributed by atoms with van der Waals surface area (Å²) in [7, 11) is 0. The molecule has 0 bridgehead atoms. The summed E-state index contributed by atoms with van der Waals surface area (Å²) in [5.41, 5.74) is 0. The molecule has 67 heavy (non-hydrogen) atoms. The van der Waals surface area contributed by atoms with Crippen molar-refractivity contribution < 1.29 is 24.5 Å². The Morgan fingerprint density at radius 2 is 0.746 bits per heavy atom. The maximum absolute atomic E-state index is 12.4. The number of rotatable bonds is 55. The molecule has 1 amide bonds. The molecular weight excluding hydrogens is 827 g/mol. The number of aliphatic hydroxyl groups is 2. The van der Waals surface area contributed by atoms with Crippen molar-refractivity contribution in [3.05, 3.63) is 36.5 Å². The van der Waals surface area contributed by atoms with Crippen molar-refractivity contribution in [2.45, 2.75) is 328 Å². The van der Waals surface area contributed by atoms with Crippen LogP contribution in [0.3, 0.4) is 0 Å². The van der Waals surface area contributed by atoms with Gasteiger partial charge in [0.15, 0.2) is 0 Å². The zero-order valence-corrected chi connectivity index (χ0v) is 44.9. The van der Waals surface area contributed by atoms with E-state index in [1.54, 1.807) is 6.08 Å². The zero-order chi connectivity index (χ0) is 48.6. The number of aliphatic hydroxyl groups excluding tert-OH is 2. The van der Waals surface area contributed by atoms with E-state index in [4.69, 9.17) is 4.74 Å². The Morgan fingerprint density at radius 3 is 1.13 bits per heavy atom. The van der Waals surface area contributed by atoms with Gasteiger partial charge < -0.3 is 20.3 Å². The molecule has 2 atom stereocenters. The number of ether oxygens (including phenoxy) is 1. The number of unbranched alkanes of at least 4 members (excludes halogenated alkanes) is 40. The van der Waals surface area contributed by atoms with Crippen LogP contribution in [0, 0.1) is 0 Å². The molecule has 394 valence electrons. The van der Waals surface area contributed by atoms with Gasteiger partial charge in [-0.15, -0.1) is 0 Å². The summed E-state index contributed by atoms with van der Waals surface area (Å²) in [6.07, 6.45) is 70.3. The van der Waals surface area contributed by atoms with Gasteiger partial charge in [0.2, 0.25) is 5.91 Å². The Bertz CT molecular complexity index is 1090. The topological polar surface area (TPSA) is 95.9 Å². The lowest BCUT2D eigenvalue weighted by atomic mass is 10.0. The van der Waals surface area contributed by atoms with Crippen LogP contribution in [0.5, 0.6) is 0 Å². The third kappa shape index (κ3) is 53.3. The molecule has 0 saturated carbocycles. The number of amides is 1. The average Bonchev–Trinajstić information content (AvgIpc) is 3.33. The van der Waals surface area contributed by atoms with Gasteiger partial charge in [-0.1, -0.05) is 275 Å². The van der Waals surface area contributed by atoms with Gasteiger partial charge in [0.25, 0.3) is 0 Å². The second kappa shape index (κ2) is 56.7. The number of hydrogen-bond donors (Lipinski definition) is 3. The predicted octanol–water partition coefficient (Wildman–Crippen LogP) is 18.4. The number of allylic oxidation sites excluding steroid dienone is 5. The molecule has 0 aliphatic rings. The van der Waals surface area contributed by atoms with Crippen LogP contribution in [-0.2, 0) is 14.3 Å². The van der Waals surface area contributed by atoms with E-state index in [0.717, 1.165) is 44.9 Å². The Morgan fingerprint density at radius 1 is 0.418 bits per heavy atom. The number of hydrogen-bond acceptors (Lipinski definition) is 5. The minimum absolute atomic E-state index is 0.00800. The standard InChI is InChI=1S/C61H115NO5/c1-3-5-7-9-11-13-15-16-30-34-37-41-45-49-53-59(64)58(57-63)62-60(65)54-50-46-42-38-35-31-28-26-24-22-20-18-17-19-21-23-25-27-29-32-36-40-44-48-52-56-67-61(66)55-51-47-43-39-33-14-12-10-8-6-4-2/h18-21,49,53,58-59,63-64H,3-17,22-48,50-52,54-57H2,1-2H3,(H,62,65)/b20-18-,21-19-,53-49+. The highest BCUT2D eigenvalue weighted by atomic mass is 16.5. The third-order valence-corrected chi connectivity index (χ3v) is 13.7. The van der Waals surface area contributed by atoms with Gasteiger partial charge >= 0.3 is 5.97 Å². The van der Waals surface area contributed by atoms with Gasteiger partial charge in [0.1, 0.15) is 0 Å². The monoisotopic (exact) mass is 942 g/mol. The molecule has 6 heteroatoms. The van der Waals surface area contributed by atoms with Crippen LogP contribution in [0.1, 0.15) is 316 Å². The Kier molecular flexibility index (Phi) is 55.0. The van der Waals surface area contributed by atoms with E-state index in [1.165, 1.54) is 244 Å². The highest BCUT2D eigenvalue weighted by Gasteiger charge is 2.18. The molecule has 0 aliphatic heterocycles. The van der Waals surface area contributed by atoms with Crippen molar-refractivity contribution in [3.63, 3.8) is 0 Å². The summed E-state index contributed by atoms with van der Waals surface area (Å²) >= 11 is 0. The normalized spacial score (nSPS) is 12.8. The molecule has 0 heterocycles. The highest BCUT2D eigenvalue weighted by molar-refractivity contribution is 5.76. The Balaban J connectivity index is 3.46. The molecule has 0 aromatic carbocycles. The van der Waals surface area contributed by atoms with E-state index in [1.807, 2.05) is 6.08 Å². The first-order valence-corrected chi connectivity index (χ1v) is 29.8. The summed E-state index contributed by atoms with van der Waals surface area (Å²) < 4.78 is 5.46. The summed E-state index contributed by atoms with van der Waals surface area (Å²) in [6, 6.07) is -0.632. The predicted molar refractivity (Wildman–Crippen MR) is 292 cm³/mol. The molecule has 6 nitrogen and oxygen atoms in total. The van der Waals surface area contributed by atoms with Crippen molar-refractivity contribution in [2.75, 3.05) is 13.2 Å². The van der Waals surface area contributed by atoms with Crippen LogP contribution in [-0.4, -0.2) is 47.4 Å². The Hall–Kier alpha value is -1.92. The van der Waals surface area contributed by atoms with Gasteiger partial charge in [-0.2, -0.15) is 0 Å². The molecular formula is C61H115NO5. The van der Waals surface area contributed by atoms with Crippen molar-refractivity contribution in [3.8, 4) is 0 Å². The molecule has 0 aromatic rings. The van der Waals surface area contributed by atoms with Gasteiger partial charge in [0, 0.05) is 12.8 Å². The van der Waals surface area contributed by atoms with Crippen LogP contribution in [0.4, 0.5) is 0 Å². The lowest BCUT2D eigenvalue weighted by Gasteiger charge is -2.20. The molecule has 0 saturated heterocycles. The largest absolute Gasteiger partial charge is 0.466 e. The average molecular weight is 943 g/mol. The second-order valence-electron chi connectivity index (χ2n) is 20.3. The Labute approximate surface area is 417 Å². The minimum atomic E-state index is -0.848. The fourth-order valence-electron chi connectivity index (χ4n) is 9.08. The molecule has 0 aromatic heterocycles. The lowest BCUT2D eigenvalue weighted by molar-refractivity contribution is -0.143. The van der Waals surface area contributed by atoms with Gasteiger partial charge in [-0.25, -0.2) is 0 Å². The molecule has 0 fully saturated rings. The first-order valence-electron chi connectivity index (χ1n) is 29.8. The molecule has 0 spiro atoms. The van der Waals surface area contributed by atoms with E-state index >= 15 is 0 Å². The minimum Gasteiger partial charge on any atom is -0.466 e. The quantitative estimate of drug-likeness (QED) is 0.0321. The first kappa shape index (κ1) is 65.1. The summed E-state index contributed by atoms with van der Waals surface area (Å²) in [4.78, 5) is 24.4. The summed E-state index contributed by atoms with van der Waals surface area (Å²) in [5, 5.41) is 23.1. The highest BCUT2D eigenvalue weighted by Crippen LogP contribution is 2.16. The van der Waals surface area contributed by atoms with Crippen LogP contribution in [0.25, 0.3) is 0 Å². The summed E-state index contributed by atoms with van der Waals surface area (Å²) in [6.45, 7) is 4.90. The van der Waals surface area contributed by atoms with Crippen molar-refractivity contribution in [1.82, 2.24) is 5.32 Å². The van der Waals surface area contributed by atoms with Crippen molar-refractivity contribution in [1.29, 1.82) is 0 Å². The fourth-order valence-corrected chi connectivity index (χ4v) is 9.08. The number of esters is 1. The second-order valence-corrected chi connectivity index (χ2v) is 20.3. The van der Waals surface area contributed by atoms with Crippen LogP contribution >= 0.6 is 0 Å². The smallest absolute Gasteiger partial charge is 0.305 e. The number of carbonyl (C=O) groups excluding carboxylic acids is 2. The molecule has 0 radical (unpaired) electrons. The van der Waals surface area contributed by atoms with E-state index in [0.29, 0.717) is 19.4 Å². The van der Waals surface area contributed by atoms with Gasteiger partial charge in [-0.05, 0) is 64.2 Å². The van der Waals surface area contributed by atoms with Gasteiger partial charge in [0.05, 0.1) is 25.4 Å². The fraction of sp³-hybridized carbons (Fsp3) is 0.869. The maximum Gasteiger partial charge on any atom is 0.305 e.